The molecule has 0 saturated carbocycles. The summed E-state index contributed by atoms with van der Waals surface area (Å²) in [6, 6.07) is 8.93. The molecule has 0 amide bonds. The molecule has 2 atom stereocenters. The summed E-state index contributed by atoms with van der Waals surface area (Å²) < 4.78 is 23.2. The molecule has 0 radical (unpaired) electrons. The molecule has 4 nitrogen and oxygen atoms in total. The molecular formula is C12H16O4S. The van der Waals surface area contributed by atoms with Gasteiger partial charge in [-0.15, -0.1) is 0 Å². The van der Waals surface area contributed by atoms with Crippen LogP contribution < -0.4 is 0 Å². The van der Waals surface area contributed by atoms with E-state index in [1.54, 1.807) is 31.2 Å². The molecule has 5 heteroatoms. The Morgan fingerprint density at radius 2 is 1.82 bits per heavy atom. The number of benzene rings is 1. The van der Waals surface area contributed by atoms with Crippen molar-refractivity contribution in [2.75, 3.05) is 12.9 Å². The molecule has 0 aromatic heterocycles. The molecule has 0 aliphatic carbocycles. The van der Waals surface area contributed by atoms with Crippen LogP contribution in [-0.4, -0.2) is 37.4 Å². The van der Waals surface area contributed by atoms with Gasteiger partial charge in [0.25, 0.3) is 0 Å². The predicted octanol–water partition coefficient (Wildman–Crippen LogP) is 0.765. The van der Waals surface area contributed by atoms with Crippen molar-refractivity contribution in [2.24, 2.45) is 0 Å². The van der Waals surface area contributed by atoms with Gasteiger partial charge in [0.1, 0.15) is 11.9 Å². The Hall–Kier alpha value is -1.20. The van der Waals surface area contributed by atoms with Crippen LogP contribution in [0.3, 0.4) is 0 Å². The van der Waals surface area contributed by atoms with Crippen LogP contribution >= 0.6 is 0 Å². The molecule has 94 valence electrons. The Labute approximate surface area is 101 Å². The minimum absolute atomic E-state index is 0.467. The number of aliphatic hydroxyl groups is 1. The molecule has 1 rings (SSSR count). The lowest BCUT2D eigenvalue weighted by molar-refractivity contribution is -0.121. The highest BCUT2D eigenvalue weighted by molar-refractivity contribution is 7.92. The molecule has 0 spiro atoms. The highest BCUT2D eigenvalue weighted by atomic mass is 32.2. The number of rotatable bonds is 5. The standard InChI is InChI=1S/C12H16O4S/c1-9(10-6-4-3-5-7-10)12(11(14)8-13)17(2,15)16/h3-7,9,12-13H,8H2,1-2H3/t9-,12?/m1/s1. The van der Waals surface area contributed by atoms with Crippen LogP contribution in [0.25, 0.3) is 0 Å². The van der Waals surface area contributed by atoms with E-state index in [0.717, 1.165) is 11.8 Å². The fourth-order valence-electron chi connectivity index (χ4n) is 1.91. The van der Waals surface area contributed by atoms with E-state index in [4.69, 9.17) is 5.11 Å². The number of ketones is 1. The van der Waals surface area contributed by atoms with Crippen molar-refractivity contribution < 1.29 is 18.3 Å². The van der Waals surface area contributed by atoms with Crippen molar-refractivity contribution >= 4 is 15.6 Å². The Morgan fingerprint density at radius 1 is 1.29 bits per heavy atom. The topological polar surface area (TPSA) is 71.4 Å². The van der Waals surface area contributed by atoms with Gasteiger partial charge in [-0.25, -0.2) is 8.42 Å². The molecule has 1 N–H and O–H groups in total. The second kappa shape index (κ2) is 5.42. The molecule has 1 unspecified atom stereocenters. The van der Waals surface area contributed by atoms with E-state index in [-0.39, 0.29) is 0 Å². The van der Waals surface area contributed by atoms with Gasteiger partial charge in [0.2, 0.25) is 0 Å². The van der Waals surface area contributed by atoms with Gasteiger partial charge in [0.15, 0.2) is 15.6 Å². The smallest absolute Gasteiger partial charge is 0.176 e. The van der Waals surface area contributed by atoms with Crippen LogP contribution in [0.5, 0.6) is 0 Å². The molecule has 0 saturated heterocycles. The molecule has 0 bridgehead atoms. The number of Topliss-reactive ketones (excluding diaryl/α,β-unsaturated/α-hetero) is 1. The van der Waals surface area contributed by atoms with Crippen molar-refractivity contribution in [3.8, 4) is 0 Å². The number of carbonyl (C=O) groups excluding carboxylic acids is 1. The molecule has 17 heavy (non-hydrogen) atoms. The lowest BCUT2D eigenvalue weighted by Crippen LogP contribution is -2.36. The molecule has 1 aromatic carbocycles. The molecule has 0 aliphatic rings. The highest BCUT2D eigenvalue weighted by Gasteiger charge is 2.34. The van der Waals surface area contributed by atoms with Crippen molar-refractivity contribution in [1.82, 2.24) is 0 Å². The lowest BCUT2D eigenvalue weighted by Gasteiger charge is -2.20. The second-order valence-corrected chi connectivity index (χ2v) is 6.24. The number of carbonyl (C=O) groups is 1. The van der Waals surface area contributed by atoms with Gasteiger partial charge in [0.05, 0.1) is 0 Å². The van der Waals surface area contributed by atoms with E-state index in [1.807, 2.05) is 6.07 Å². The monoisotopic (exact) mass is 256 g/mol. The normalized spacial score (nSPS) is 15.2. The first kappa shape index (κ1) is 13.9. The minimum atomic E-state index is -3.53. The SMILES string of the molecule is C[C@H](c1ccccc1)C(C(=O)CO)S(C)(=O)=O. The summed E-state index contributed by atoms with van der Waals surface area (Å²) in [5, 5.41) is 7.67. The van der Waals surface area contributed by atoms with Gasteiger partial charge < -0.3 is 5.11 Å². The number of sulfone groups is 1. The first-order chi connectivity index (χ1) is 7.88. The largest absolute Gasteiger partial charge is 0.389 e. The van der Waals surface area contributed by atoms with E-state index >= 15 is 0 Å². The number of hydrogen-bond acceptors (Lipinski definition) is 4. The van der Waals surface area contributed by atoms with Gasteiger partial charge in [0, 0.05) is 12.2 Å². The summed E-state index contributed by atoms with van der Waals surface area (Å²) in [5.74, 6) is -1.13. The summed E-state index contributed by atoms with van der Waals surface area (Å²) >= 11 is 0. The zero-order chi connectivity index (χ0) is 13.1. The summed E-state index contributed by atoms with van der Waals surface area (Å²) in [7, 11) is -3.53. The summed E-state index contributed by atoms with van der Waals surface area (Å²) in [5.41, 5.74) is 0.768. The fourth-order valence-corrected chi connectivity index (χ4v) is 3.36. The van der Waals surface area contributed by atoms with E-state index in [9.17, 15) is 13.2 Å². The zero-order valence-electron chi connectivity index (χ0n) is 9.83. The minimum Gasteiger partial charge on any atom is -0.389 e. The second-order valence-electron chi connectivity index (χ2n) is 4.07. The van der Waals surface area contributed by atoms with Crippen LogP contribution in [0.4, 0.5) is 0 Å². The Balaban J connectivity index is 3.13. The summed E-state index contributed by atoms with van der Waals surface area (Å²) in [4.78, 5) is 11.5. The molecule has 0 heterocycles. The van der Waals surface area contributed by atoms with Gasteiger partial charge in [-0.1, -0.05) is 37.3 Å². The summed E-state index contributed by atoms with van der Waals surface area (Å²) in [6.07, 6.45) is 1.02. The zero-order valence-corrected chi connectivity index (χ0v) is 10.6. The average Bonchev–Trinajstić information content (AvgIpc) is 2.28. The Morgan fingerprint density at radius 3 is 2.24 bits per heavy atom. The third-order valence-electron chi connectivity index (χ3n) is 2.71. The average molecular weight is 256 g/mol. The van der Waals surface area contributed by atoms with Crippen LogP contribution in [0.2, 0.25) is 0 Å². The third kappa shape index (κ3) is 3.38. The summed E-state index contributed by atoms with van der Waals surface area (Å²) in [6.45, 7) is 0.920. The molecule has 1 aromatic rings. The van der Waals surface area contributed by atoms with Crippen LogP contribution in [0.1, 0.15) is 18.4 Å². The van der Waals surface area contributed by atoms with Gasteiger partial charge in [-0.05, 0) is 5.56 Å². The lowest BCUT2D eigenvalue weighted by atomic mass is 9.95. The van der Waals surface area contributed by atoms with Gasteiger partial charge >= 0.3 is 0 Å². The molecular weight excluding hydrogens is 240 g/mol. The Bertz CT molecular complexity index is 478. The van der Waals surface area contributed by atoms with E-state index in [0.29, 0.717) is 0 Å². The Kier molecular flexibility index (Phi) is 4.42. The van der Waals surface area contributed by atoms with Crippen LogP contribution in [0, 0.1) is 0 Å². The maximum atomic E-state index is 11.6. The fraction of sp³-hybridized carbons (Fsp3) is 0.417. The maximum absolute atomic E-state index is 11.6. The van der Waals surface area contributed by atoms with Gasteiger partial charge in [-0.2, -0.15) is 0 Å². The predicted molar refractivity (Wildman–Crippen MR) is 65.6 cm³/mol. The van der Waals surface area contributed by atoms with Gasteiger partial charge in [-0.3, -0.25) is 4.79 Å². The van der Waals surface area contributed by atoms with Crippen molar-refractivity contribution in [1.29, 1.82) is 0 Å². The van der Waals surface area contributed by atoms with Crippen LogP contribution in [-0.2, 0) is 14.6 Å². The highest BCUT2D eigenvalue weighted by Crippen LogP contribution is 2.24. The first-order valence-corrected chi connectivity index (χ1v) is 7.20. The van der Waals surface area contributed by atoms with Crippen LogP contribution in [0.15, 0.2) is 30.3 Å². The third-order valence-corrected chi connectivity index (χ3v) is 4.31. The number of aliphatic hydroxyl groups excluding tert-OH is 1. The number of hydrogen-bond donors (Lipinski definition) is 1. The van der Waals surface area contributed by atoms with E-state index < -0.39 is 33.4 Å². The van der Waals surface area contributed by atoms with Crippen molar-refractivity contribution in [3.63, 3.8) is 0 Å². The van der Waals surface area contributed by atoms with Crippen molar-refractivity contribution in [3.05, 3.63) is 35.9 Å². The van der Waals surface area contributed by atoms with E-state index in [1.165, 1.54) is 0 Å². The first-order valence-electron chi connectivity index (χ1n) is 5.25. The van der Waals surface area contributed by atoms with Crippen molar-refractivity contribution in [2.45, 2.75) is 18.1 Å². The molecule has 0 aliphatic heterocycles. The molecule has 0 fully saturated rings. The quantitative estimate of drug-likeness (QED) is 0.844. The maximum Gasteiger partial charge on any atom is 0.176 e. The van der Waals surface area contributed by atoms with E-state index in [2.05, 4.69) is 0 Å².